The lowest BCUT2D eigenvalue weighted by atomic mass is 10.1. The quantitative estimate of drug-likeness (QED) is 0.669. The summed E-state index contributed by atoms with van der Waals surface area (Å²) in [7, 11) is 0. The Morgan fingerprint density at radius 1 is 1.33 bits per heavy atom. The Morgan fingerprint density at radius 3 is 2.86 bits per heavy atom. The van der Waals surface area contributed by atoms with Gasteiger partial charge in [-0.1, -0.05) is 12.1 Å². The van der Waals surface area contributed by atoms with Gasteiger partial charge >= 0.3 is 0 Å². The van der Waals surface area contributed by atoms with Gasteiger partial charge in [0.15, 0.2) is 5.82 Å². The number of nitro groups is 1. The van der Waals surface area contributed by atoms with Crippen LogP contribution in [-0.4, -0.2) is 10.0 Å². The SMILES string of the molecule is O=[N+]([O-])c1ccc(NC2CCc3c(O)cccc32)c(F)c1. The summed E-state index contributed by atoms with van der Waals surface area (Å²) >= 11 is 0. The zero-order chi connectivity index (χ0) is 15.0. The second-order valence-corrected chi connectivity index (χ2v) is 5.00. The van der Waals surface area contributed by atoms with Crippen LogP contribution in [0.4, 0.5) is 15.8 Å². The van der Waals surface area contributed by atoms with Crippen molar-refractivity contribution in [1.82, 2.24) is 0 Å². The first-order chi connectivity index (χ1) is 10.1. The number of phenols is 1. The highest BCUT2D eigenvalue weighted by Gasteiger charge is 2.25. The lowest BCUT2D eigenvalue weighted by molar-refractivity contribution is -0.385. The maximum Gasteiger partial charge on any atom is 0.272 e. The monoisotopic (exact) mass is 288 g/mol. The molecule has 5 nitrogen and oxygen atoms in total. The minimum atomic E-state index is -0.655. The summed E-state index contributed by atoms with van der Waals surface area (Å²) in [4.78, 5) is 9.97. The van der Waals surface area contributed by atoms with E-state index in [1.165, 1.54) is 12.1 Å². The molecule has 2 aromatic rings. The molecule has 0 aliphatic heterocycles. The molecule has 0 fully saturated rings. The van der Waals surface area contributed by atoms with Crippen molar-refractivity contribution < 1.29 is 14.4 Å². The van der Waals surface area contributed by atoms with Gasteiger partial charge < -0.3 is 10.4 Å². The fraction of sp³-hybridized carbons (Fsp3) is 0.200. The van der Waals surface area contributed by atoms with E-state index in [1.807, 2.05) is 6.07 Å². The van der Waals surface area contributed by atoms with Gasteiger partial charge in [-0.25, -0.2) is 4.39 Å². The largest absolute Gasteiger partial charge is 0.508 e. The van der Waals surface area contributed by atoms with Crippen molar-refractivity contribution in [3.8, 4) is 5.75 Å². The van der Waals surface area contributed by atoms with Gasteiger partial charge in [0.05, 0.1) is 22.7 Å². The van der Waals surface area contributed by atoms with E-state index in [1.54, 1.807) is 12.1 Å². The zero-order valence-electron chi connectivity index (χ0n) is 11.0. The molecule has 21 heavy (non-hydrogen) atoms. The summed E-state index contributed by atoms with van der Waals surface area (Å²) < 4.78 is 13.9. The van der Waals surface area contributed by atoms with Gasteiger partial charge in [0.2, 0.25) is 0 Å². The van der Waals surface area contributed by atoms with E-state index in [0.29, 0.717) is 6.42 Å². The van der Waals surface area contributed by atoms with E-state index >= 15 is 0 Å². The molecule has 0 heterocycles. The van der Waals surface area contributed by atoms with Crippen LogP contribution in [0.25, 0.3) is 0 Å². The maximum absolute atomic E-state index is 13.9. The molecular formula is C15H13FN2O3. The van der Waals surface area contributed by atoms with Crippen LogP contribution in [0.2, 0.25) is 0 Å². The minimum Gasteiger partial charge on any atom is -0.508 e. The maximum atomic E-state index is 13.9. The number of benzene rings is 2. The average molecular weight is 288 g/mol. The van der Waals surface area contributed by atoms with Gasteiger partial charge in [0, 0.05) is 6.07 Å². The van der Waals surface area contributed by atoms with E-state index in [-0.39, 0.29) is 23.2 Å². The van der Waals surface area contributed by atoms with Crippen molar-refractivity contribution in [3.05, 3.63) is 63.5 Å². The fourth-order valence-corrected chi connectivity index (χ4v) is 2.71. The van der Waals surface area contributed by atoms with Gasteiger partial charge in [-0.2, -0.15) is 0 Å². The standard InChI is InChI=1S/C15H13FN2O3/c16-12-8-9(18(20)21)4-6-14(12)17-13-7-5-11-10(13)2-1-3-15(11)19/h1-4,6,8,13,17,19H,5,7H2. The number of aromatic hydroxyl groups is 1. The van der Waals surface area contributed by atoms with Crippen LogP contribution in [0.15, 0.2) is 36.4 Å². The van der Waals surface area contributed by atoms with Crippen molar-refractivity contribution in [1.29, 1.82) is 0 Å². The number of nitrogens with zero attached hydrogens (tertiary/aromatic N) is 1. The number of hydrogen-bond donors (Lipinski definition) is 2. The summed E-state index contributed by atoms with van der Waals surface area (Å²) in [5.74, 6) is -0.404. The van der Waals surface area contributed by atoms with Crippen LogP contribution in [0.3, 0.4) is 0 Å². The van der Waals surface area contributed by atoms with Gasteiger partial charge in [-0.05, 0) is 36.1 Å². The van der Waals surface area contributed by atoms with E-state index in [0.717, 1.165) is 23.6 Å². The molecule has 1 aliphatic carbocycles. The Morgan fingerprint density at radius 2 is 2.14 bits per heavy atom. The number of non-ortho nitro benzene ring substituents is 1. The molecule has 3 rings (SSSR count). The number of anilines is 1. The molecule has 0 spiro atoms. The molecule has 0 saturated carbocycles. The van der Waals surface area contributed by atoms with E-state index in [9.17, 15) is 19.6 Å². The number of rotatable bonds is 3. The molecule has 0 amide bonds. The summed E-state index contributed by atoms with van der Waals surface area (Å²) in [6.07, 6.45) is 1.46. The van der Waals surface area contributed by atoms with Gasteiger partial charge in [0.25, 0.3) is 5.69 Å². The molecule has 1 unspecified atom stereocenters. The average Bonchev–Trinajstić information content (AvgIpc) is 2.85. The van der Waals surface area contributed by atoms with Crippen molar-refractivity contribution in [2.75, 3.05) is 5.32 Å². The molecular weight excluding hydrogens is 275 g/mol. The third kappa shape index (κ3) is 2.40. The minimum absolute atomic E-state index is 0.108. The number of phenolic OH excluding ortho intramolecular Hbond substituents is 1. The second kappa shape index (κ2) is 5.05. The highest BCUT2D eigenvalue weighted by atomic mass is 19.1. The number of nitrogens with one attached hydrogen (secondary N) is 1. The highest BCUT2D eigenvalue weighted by Crippen LogP contribution is 2.38. The molecule has 2 N–H and O–H groups in total. The van der Waals surface area contributed by atoms with Crippen LogP contribution in [-0.2, 0) is 6.42 Å². The molecule has 1 atom stereocenters. The molecule has 6 heteroatoms. The Kier molecular flexibility index (Phi) is 3.21. The third-order valence-corrected chi connectivity index (χ3v) is 3.74. The van der Waals surface area contributed by atoms with Crippen molar-refractivity contribution in [2.24, 2.45) is 0 Å². The van der Waals surface area contributed by atoms with Crippen LogP contribution in [0.5, 0.6) is 5.75 Å². The number of nitro benzene ring substituents is 1. The van der Waals surface area contributed by atoms with E-state index < -0.39 is 10.7 Å². The molecule has 2 aromatic carbocycles. The Labute approximate surface area is 120 Å². The van der Waals surface area contributed by atoms with Crippen molar-refractivity contribution in [2.45, 2.75) is 18.9 Å². The van der Waals surface area contributed by atoms with Crippen molar-refractivity contribution in [3.63, 3.8) is 0 Å². The van der Waals surface area contributed by atoms with Gasteiger partial charge in [0.1, 0.15) is 5.75 Å². The lowest BCUT2D eigenvalue weighted by Crippen LogP contribution is -2.08. The predicted octanol–water partition coefficient (Wildman–Crippen LogP) is 3.54. The smallest absolute Gasteiger partial charge is 0.272 e. The molecule has 0 radical (unpaired) electrons. The van der Waals surface area contributed by atoms with Crippen LogP contribution >= 0.6 is 0 Å². The number of halogens is 1. The van der Waals surface area contributed by atoms with Crippen LogP contribution in [0.1, 0.15) is 23.6 Å². The lowest BCUT2D eigenvalue weighted by Gasteiger charge is -2.16. The van der Waals surface area contributed by atoms with Crippen LogP contribution in [0, 0.1) is 15.9 Å². The topological polar surface area (TPSA) is 75.4 Å². The predicted molar refractivity (Wildman–Crippen MR) is 75.8 cm³/mol. The van der Waals surface area contributed by atoms with Crippen molar-refractivity contribution >= 4 is 11.4 Å². The van der Waals surface area contributed by atoms with Gasteiger partial charge in [-0.3, -0.25) is 10.1 Å². The van der Waals surface area contributed by atoms with Crippen LogP contribution < -0.4 is 5.32 Å². The number of hydrogen-bond acceptors (Lipinski definition) is 4. The van der Waals surface area contributed by atoms with Gasteiger partial charge in [-0.15, -0.1) is 0 Å². The first kappa shape index (κ1) is 13.4. The Bertz CT molecular complexity index is 718. The summed E-state index contributed by atoms with van der Waals surface area (Å²) in [5, 5.41) is 23.4. The number of fused-ring (bicyclic) bond motifs is 1. The first-order valence-corrected chi connectivity index (χ1v) is 6.57. The Hall–Kier alpha value is -2.63. The zero-order valence-corrected chi connectivity index (χ0v) is 11.0. The third-order valence-electron chi connectivity index (χ3n) is 3.74. The molecule has 0 saturated heterocycles. The second-order valence-electron chi connectivity index (χ2n) is 5.00. The Balaban J connectivity index is 1.86. The first-order valence-electron chi connectivity index (χ1n) is 6.57. The summed E-state index contributed by atoms with van der Waals surface area (Å²) in [6.45, 7) is 0. The molecule has 1 aliphatic rings. The normalized spacial score (nSPS) is 16.5. The molecule has 0 aromatic heterocycles. The summed E-state index contributed by atoms with van der Waals surface area (Å²) in [5.41, 5.74) is 1.76. The molecule has 108 valence electrons. The highest BCUT2D eigenvalue weighted by molar-refractivity contribution is 5.54. The van der Waals surface area contributed by atoms with E-state index in [4.69, 9.17) is 0 Å². The summed E-state index contributed by atoms with van der Waals surface area (Å²) in [6, 6.07) is 8.71. The fourth-order valence-electron chi connectivity index (χ4n) is 2.71. The molecule has 0 bridgehead atoms. The van der Waals surface area contributed by atoms with E-state index in [2.05, 4.69) is 5.32 Å².